The number of hydrogen-bond acceptors (Lipinski definition) is 2. The van der Waals surface area contributed by atoms with E-state index in [1.807, 2.05) is 24.3 Å². The van der Waals surface area contributed by atoms with Crippen LogP contribution in [-0.2, 0) is 11.2 Å². The third-order valence-corrected chi connectivity index (χ3v) is 3.58. The van der Waals surface area contributed by atoms with E-state index in [2.05, 4.69) is 10.6 Å². The summed E-state index contributed by atoms with van der Waals surface area (Å²) in [5.41, 5.74) is 2.38. The monoisotopic (exact) mass is 288 g/mol. The normalized spacial score (nSPS) is 16.8. The highest BCUT2D eigenvalue weighted by Crippen LogP contribution is 2.25. The van der Waals surface area contributed by atoms with E-state index < -0.39 is 11.6 Å². The van der Waals surface area contributed by atoms with Crippen molar-refractivity contribution in [1.29, 1.82) is 0 Å². The molecule has 1 unspecified atom stereocenters. The Hall–Kier alpha value is -2.43. The molecule has 0 radical (unpaired) electrons. The zero-order valence-corrected chi connectivity index (χ0v) is 11.2. The van der Waals surface area contributed by atoms with Gasteiger partial charge in [-0.3, -0.25) is 4.79 Å². The van der Waals surface area contributed by atoms with Gasteiger partial charge in [-0.15, -0.1) is 0 Å². The lowest BCUT2D eigenvalue weighted by Gasteiger charge is -2.25. The number of para-hydroxylation sites is 1. The van der Waals surface area contributed by atoms with Crippen molar-refractivity contribution in [1.82, 2.24) is 0 Å². The van der Waals surface area contributed by atoms with Crippen LogP contribution in [0, 0.1) is 17.6 Å². The quantitative estimate of drug-likeness (QED) is 0.891. The Morgan fingerprint density at radius 2 is 1.95 bits per heavy atom. The van der Waals surface area contributed by atoms with Gasteiger partial charge < -0.3 is 10.6 Å². The highest BCUT2D eigenvalue weighted by Gasteiger charge is 2.24. The van der Waals surface area contributed by atoms with Gasteiger partial charge in [-0.2, -0.15) is 0 Å². The summed E-state index contributed by atoms with van der Waals surface area (Å²) in [6.07, 6.45) is 0.624. The first-order valence-corrected chi connectivity index (χ1v) is 6.71. The summed E-state index contributed by atoms with van der Waals surface area (Å²) < 4.78 is 26.0. The number of nitrogens with one attached hydrogen (secondary N) is 2. The van der Waals surface area contributed by atoms with Crippen LogP contribution in [0.2, 0.25) is 0 Å². The maximum Gasteiger partial charge on any atom is 0.229 e. The van der Waals surface area contributed by atoms with Crippen LogP contribution in [0.5, 0.6) is 0 Å². The van der Waals surface area contributed by atoms with Crippen LogP contribution in [0.1, 0.15) is 5.56 Å². The first-order chi connectivity index (χ1) is 10.1. The predicted molar refractivity (Wildman–Crippen MR) is 77.1 cm³/mol. The van der Waals surface area contributed by atoms with Gasteiger partial charge in [0.2, 0.25) is 5.91 Å². The Bertz CT molecular complexity index is 688. The van der Waals surface area contributed by atoms with Crippen LogP contribution in [0.3, 0.4) is 0 Å². The van der Waals surface area contributed by atoms with Crippen molar-refractivity contribution in [2.45, 2.75) is 6.42 Å². The van der Waals surface area contributed by atoms with E-state index >= 15 is 0 Å². The molecule has 108 valence electrons. The molecule has 2 N–H and O–H groups in total. The molecular formula is C16H14F2N2O. The molecule has 3 nitrogen and oxygen atoms in total. The molecule has 0 fully saturated rings. The molecule has 0 saturated heterocycles. The molecule has 1 amide bonds. The number of fused-ring (bicyclic) bond motifs is 1. The van der Waals surface area contributed by atoms with Crippen molar-refractivity contribution in [3.63, 3.8) is 0 Å². The molecule has 5 heteroatoms. The fourth-order valence-electron chi connectivity index (χ4n) is 2.45. The van der Waals surface area contributed by atoms with Gasteiger partial charge in [0.25, 0.3) is 0 Å². The molecule has 0 aliphatic carbocycles. The van der Waals surface area contributed by atoms with E-state index in [1.54, 1.807) is 0 Å². The fraction of sp³-hybridized carbons (Fsp3) is 0.188. The third-order valence-electron chi connectivity index (χ3n) is 3.58. The molecular weight excluding hydrogens is 274 g/mol. The standard InChI is InChI=1S/C16H14F2N2O/c17-13-6-5-12(8-14(13)18)20-16(21)11-7-10-3-1-2-4-15(10)19-9-11/h1-6,8,11,19H,7,9H2,(H,20,21). The number of anilines is 2. The van der Waals surface area contributed by atoms with Crippen LogP contribution in [0.15, 0.2) is 42.5 Å². The second kappa shape index (κ2) is 5.52. The van der Waals surface area contributed by atoms with E-state index in [9.17, 15) is 13.6 Å². The smallest absolute Gasteiger partial charge is 0.229 e. The Morgan fingerprint density at radius 1 is 1.14 bits per heavy atom. The van der Waals surface area contributed by atoms with Crippen LogP contribution in [0.25, 0.3) is 0 Å². The Balaban J connectivity index is 1.70. The topological polar surface area (TPSA) is 41.1 Å². The Morgan fingerprint density at radius 3 is 2.76 bits per heavy atom. The zero-order chi connectivity index (χ0) is 14.8. The van der Waals surface area contributed by atoms with Gasteiger partial charge in [-0.25, -0.2) is 8.78 Å². The van der Waals surface area contributed by atoms with Gasteiger partial charge in [-0.05, 0) is 30.2 Å². The molecule has 1 atom stereocenters. The molecule has 1 aliphatic heterocycles. The molecule has 0 bridgehead atoms. The lowest BCUT2D eigenvalue weighted by Crippen LogP contribution is -2.33. The van der Waals surface area contributed by atoms with Crippen molar-refractivity contribution in [2.24, 2.45) is 5.92 Å². The summed E-state index contributed by atoms with van der Waals surface area (Å²) in [4.78, 5) is 12.2. The SMILES string of the molecule is O=C(Nc1ccc(F)c(F)c1)C1CNc2ccccc2C1. The molecule has 0 spiro atoms. The maximum atomic E-state index is 13.1. The molecule has 3 rings (SSSR count). The molecule has 0 aromatic heterocycles. The highest BCUT2D eigenvalue weighted by atomic mass is 19.2. The first kappa shape index (κ1) is 13.5. The highest BCUT2D eigenvalue weighted by molar-refractivity contribution is 5.93. The van der Waals surface area contributed by atoms with Crippen molar-refractivity contribution in [2.75, 3.05) is 17.2 Å². The molecule has 2 aromatic rings. The Labute approximate surface area is 121 Å². The van der Waals surface area contributed by atoms with Gasteiger partial charge in [0.1, 0.15) is 0 Å². The number of rotatable bonds is 2. The largest absolute Gasteiger partial charge is 0.384 e. The number of amides is 1. The number of carbonyl (C=O) groups excluding carboxylic acids is 1. The van der Waals surface area contributed by atoms with E-state index in [4.69, 9.17) is 0 Å². The summed E-state index contributed by atoms with van der Waals surface area (Å²) in [6.45, 7) is 0.520. The summed E-state index contributed by atoms with van der Waals surface area (Å²) in [6, 6.07) is 11.1. The first-order valence-electron chi connectivity index (χ1n) is 6.71. The minimum absolute atomic E-state index is 0.206. The van der Waals surface area contributed by atoms with Gasteiger partial charge in [0.05, 0.1) is 5.92 Å². The molecule has 1 heterocycles. The number of carbonyl (C=O) groups is 1. The lowest BCUT2D eigenvalue weighted by atomic mass is 9.93. The van der Waals surface area contributed by atoms with Crippen molar-refractivity contribution in [3.8, 4) is 0 Å². The average molecular weight is 288 g/mol. The summed E-state index contributed by atoms with van der Waals surface area (Å²) in [5, 5.41) is 5.83. The van der Waals surface area contributed by atoms with Crippen molar-refractivity contribution >= 4 is 17.3 Å². The number of hydrogen-bond donors (Lipinski definition) is 2. The van der Waals surface area contributed by atoms with Crippen molar-refractivity contribution < 1.29 is 13.6 Å². The predicted octanol–water partition coefficient (Wildman–Crippen LogP) is 3.19. The van der Waals surface area contributed by atoms with E-state index in [-0.39, 0.29) is 17.5 Å². The average Bonchev–Trinajstić information content (AvgIpc) is 2.50. The second-order valence-corrected chi connectivity index (χ2v) is 5.06. The fourth-order valence-corrected chi connectivity index (χ4v) is 2.45. The van der Waals surface area contributed by atoms with Crippen LogP contribution < -0.4 is 10.6 Å². The van der Waals surface area contributed by atoms with E-state index in [0.717, 1.165) is 23.4 Å². The number of halogens is 2. The minimum atomic E-state index is -0.972. The van der Waals surface area contributed by atoms with Gasteiger partial charge >= 0.3 is 0 Å². The van der Waals surface area contributed by atoms with Crippen molar-refractivity contribution in [3.05, 3.63) is 59.7 Å². The molecule has 0 saturated carbocycles. The van der Waals surface area contributed by atoms with E-state index in [1.165, 1.54) is 6.07 Å². The van der Waals surface area contributed by atoms with Crippen LogP contribution in [0.4, 0.5) is 20.2 Å². The lowest BCUT2D eigenvalue weighted by molar-refractivity contribution is -0.119. The van der Waals surface area contributed by atoms with Crippen LogP contribution >= 0.6 is 0 Å². The van der Waals surface area contributed by atoms with E-state index in [0.29, 0.717) is 13.0 Å². The minimum Gasteiger partial charge on any atom is -0.384 e. The molecule has 2 aromatic carbocycles. The maximum absolute atomic E-state index is 13.1. The molecule has 21 heavy (non-hydrogen) atoms. The summed E-state index contributed by atoms with van der Waals surface area (Å²) in [7, 11) is 0. The van der Waals surface area contributed by atoms with Gasteiger partial charge in [0.15, 0.2) is 11.6 Å². The Kier molecular flexibility index (Phi) is 3.56. The third kappa shape index (κ3) is 2.86. The number of benzene rings is 2. The molecule has 1 aliphatic rings. The summed E-state index contributed by atoms with van der Waals surface area (Å²) >= 11 is 0. The van der Waals surface area contributed by atoms with Gasteiger partial charge in [0, 0.05) is 24.0 Å². The zero-order valence-electron chi connectivity index (χ0n) is 11.2. The van der Waals surface area contributed by atoms with Crippen LogP contribution in [-0.4, -0.2) is 12.5 Å². The second-order valence-electron chi connectivity index (χ2n) is 5.06. The summed E-state index contributed by atoms with van der Waals surface area (Å²) in [5.74, 6) is -2.35. The van der Waals surface area contributed by atoms with Gasteiger partial charge in [-0.1, -0.05) is 18.2 Å².